The van der Waals surface area contributed by atoms with Gasteiger partial charge < -0.3 is 14.6 Å². The highest BCUT2D eigenvalue weighted by Crippen LogP contribution is 2.49. The van der Waals surface area contributed by atoms with Crippen molar-refractivity contribution in [2.45, 2.75) is 56.9 Å². The second-order valence-corrected chi connectivity index (χ2v) is 9.52. The van der Waals surface area contributed by atoms with E-state index in [1.165, 1.54) is 43.2 Å². The molecule has 2 saturated heterocycles. The SMILES string of the molecule is CN1CCN(OC(=O)N2CCC3(CCC3)CC2)C(c2ccccc2C2CC2)C1. The summed E-state index contributed by atoms with van der Waals surface area (Å²) >= 11 is 0. The molecule has 2 aliphatic carbocycles. The number of amides is 1. The molecule has 0 radical (unpaired) electrons. The van der Waals surface area contributed by atoms with E-state index in [9.17, 15) is 4.79 Å². The number of likely N-dealkylation sites (N-methyl/N-ethyl adjacent to an activating group) is 1. The molecule has 1 aromatic carbocycles. The van der Waals surface area contributed by atoms with Crippen molar-refractivity contribution in [1.29, 1.82) is 0 Å². The van der Waals surface area contributed by atoms with Gasteiger partial charge in [0.1, 0.15) is 0 Å². The number of likely N-dealkylation sites (tertiary alicyclic amines) is 1. The van der Waals surface area contributed by atoms with Crippen LogP contribution in [0.4, 0.5) is 4.79 Å². The minimum atomic E-state index is -0.146. The van der Waals surface area contributed by atoms with Crippen molar-refractivity contribution in [3.63, 3.8) is 0 Å². The average molecular weight is 384 g/mol. The number of nitrogens with zero attached hydrogens (tertiary/aromatic N) is 3. The number of carbonyl (C=O) groups is 1. The summed E-state index contributed by atoms with van der Waals surface area (Å²) in [6.07, 6.45) is 8.81. The van der Waals surface area contributed by atoms with Crippen molar-refractivity contribution < 1.29 is 9.63 Å². The average Bonchev–Trinajstić information content (AvgIpc) is 3.53. The van der Waals surface area contributed by atoms with Gasteiger partial charge in [0.05, 0.1) is 6.04 Å². The van der Waals surface area contributed by atoms with E-state index in [4.69, 9.17) is 4.84 Å². The van der Waals surface area contributed by atoms with Crippen molar-refractivity contribution >= 4 is 6.09 Å². The molecule has 1 aromatic rings. The molecule has 4 aliphatic rings. The Balaban J connectivity index is 1.28. The summed E-state index contributed by atoms with van der Waals surface area (Å²) in [6.45, 7) is 4.31. The van der Waals surface area contributed by atoms with Gasteiger partial charge in [-0.05, 0) is 68.0 Å². The Labute approximate surface area is 168 Å². The quantitative estimate of drug-likeness (QED) is 0.785. The van der Waals surface area contributed by atoms with Crippen LogP contribution in [0, 0.1) is 5.41 Å². The van der Waals surface area contributed by atoms with E-state index in [-0.39, 0.29) is 12.1 Å². The van der Waals surface area contributed by atoms with Crippen LogP contribution in [-0.2, 0) is 4.84 Å². The molecule has 1 spiro atoms. The molecular formula is C23H33N3O2. The number of hydrogen-bond donors (Lipinski definition) is 0. The summed E-state index contributed by atoms with van der Waals surface area (Å²) in [4.78, 5) is 23.2. The molecule has 2 aliphatic heterocycles. The largest absolute Gasteiger partial charge is 0.428 e. The maximum atomic E-state index is 12.9. The van der Waals surface area contributed by atoms with E-state index in [0.29, 0.717) is 11.3 Å². The van der Waals surface area contributed by atoms with Gasteiger partial charge in [-0.15, -0.1) is 5.06 Å². The Morgan fingerprint density at radius 3 is 2.36 bits per heavy atom. The van der Waals surface area contributed by atoms with Gasteiger partial charge in [0.15, 0.2) is 0 Å². The van der Waals surface area contributed by atoms with Gasteiger partial charge in [-0.2, -0.15) is 0 Å². The van der Waals surface area contributed by atoms with Crippen molar-refractivity contribution in [2.75, 3.05) is 39.8 Å². The smallest absolute Gasteiger partial charge is 0.350 e. The molecule has 4 fully saturated rings. The fraction of sp³-hybridized carbons (Fsp3) is 0.696. The fourth-order valence-electron chi connectivity index (χ4n) is 5.34. The van der Waals surface area contributed by atoms with Crippen LogP contribution in [0.3, 0.4) is 0 Å². The number of benzene rings is 1. The van der Waals surface area contributed by atoms with E-state index in [0.717, 1.165) is 45.6 Å². The Morgan fingerprint density at radius 1 is 1.00 bits per heavy atom. The summed E-state index contributed by atoms with van der Waals surface area (Å²) in [6, 6.07) is 8.90. The maximum Gasteiger partial charge on any atom is 0.428 e. The summed E-state index contributed by atoms with van der Waals surface area (Å²) in [5.74, 6) is 0.696. The predicted molar refractivity (Wildman–Crippen MR) is 109 cm³/mol. The zero-order valence-corrected chi connectivity index (χ0v) is 17.1. The first-order valence-corrected chi connectivity index (χ1v) is 11.1. The van der Waals surface area contributed by atoms with Crippen LogP contribution in [0.15, 0.2) is 24.3 Å². The molecule has 5 nitrogen and oxygen atoms in total. The molecule has 0 aromatic heterocycles. The third-order valence-electron chi connectivity index (χ3n) is 7.60. The second-order valence-electron chi connectivity index (χ2n) is 9.52. The molecule has 28 heavy (non-hydrogen) atoms. The Morgan fingerprint density at radius 2 is 1.71 bits per heavy atom. The van der Waals surface area contributed by atoms with Crippen molar-refractivity contribution in [2.24, 2.45) is 5.41 Å². The minimum Gasteiger partial charge on any atom is -0.350 e. The summed E-state index contributed by atoms with van der Waals surface area (Å²) < 4.78 is 0. The highest BCUT2D eigenvalue weighted by atomic mass is 16.7. The zero-order valence-electron chi connectivity index (χ0n) is 17.1. The Kier molecular flexibility index (Phi) is 4.84. The molecule has 1 amide bonds. The zero-order chi connectivity index (χ0) is 19.1. The van der Waals surface area contributed by atoms with Crippen LogP contribution in [0.1, 0.15) is 68.0 Å². The molecule has 2 saturated carbocycles. The first-order valence-electron chi connectivity index (χ1n) is 11.1. The van der Waals surface area contributed by atoms with E-state index < -0.39 is 0 Å². The van der Waals surface area contributed by atoms with Crippen LogP contribution in [-0.4, -0.2) is 60.7 Å². The number of carbonyl (C=O) groups excluding carboxylic acids is 1. The van der Waals surface area contributed by atoms with Crippen LogP contribution in [0.5, 0.6) is 0 Å². The Bertz CT molecular complexity index is 718. The summed E-state index contributed by atoms with van der Waals surface area (Å²) in [5, 5.41) is 1.97. The third kappa shape index (κ3) is 3.55. The van der Waals surface area contributed by atoms with E-state index >= 15 is 0 Å². The van der Waals surface area contributed by atoms with E-state index in [2.05, 4.69) is 36.2 Å². The predicted octanol–water partition coefficient (Wildman–Crippen LogP) is 4.17. The molecule has 0 bridgehead atoms. The first kappa shape index (κ1) is 18.4. The van der Waals surface area contributed by atoms with E-state index in [1.54, 1.807) is 0 Å². The van der Waals surface area contributed by atoms with E-state index in [1.807, 2.05) is 9.96 Å². The second kappa shape index (κ2) is 7.34. The molecular weight excluding hydrogens is 350 g/mol. The maximum absolute atomic E-state index is 12.9. The molecule has 152 valence electrons. The van der Waals surface area contributed by atoms with Crippen molar-refractivity contribution in [3.8, 4) is 0 Å². The molecule has 1 unspecified atom stereocenters. The van der Waals surface area contributed by atoms with Gasteiger partial charge in [0, 0.05) is 32.7 Å². The van der Waals surface area contributed by atoms with Gasteiger partial charge in [0.2, 0.25) is 0 Å². The van der Waals surface area contributed by atoms with Gasteiger partial charge in [-0.1, -0.05) is 30.7 Å². The highest BCUT2D eigenvalue weighted by molar-refractivity contribution is 5.67. The van der Waals surface area contributed by atoms with Gasteiger partial charge >= 0.3 is 6.09 Å². The third-order valence-corrected chi connectivity index (χ3v) is 7.60. The van der Waals surface area contributed by atoms with Crippen LogP contribution in [0.25, 0.3) is 0 Å². The summed E-state index contributed by atoms with van der Waals surface area (Å²) in [7, 11) is 2.16. The highest BCUT2D eigenvalue weighted by Gasteiger charge is 2.41. The lowest BCUT2D eigenvalue weighted by Crippen LogP contribution is -2.51. The van der Waals surface area contributed by atoms with Crippen molar-refractivity contribution in [1.82, 2.24) is 14.9 Å². The van der Waals surface area contributed by atoms with Crippen molar-refractivity contribution in [3.05, 3.63) is 35.4 Å². The lowest BCUT2D eigenvalue weighted by atomic mass is 9.63. The first-order chi connectivity index (χ1) is 13.6. The van der Waals surface area contributed by atoms with Crippen LogP contribution in [0.2, 0.25) is 0 Å². The fourth-order valence-corrected chi connectivity index (χ4v) is 5.34. The van der Waals surface area contributed by atoms with Crippen LogP contribution < -0.4 is 0 Å². The molecule has 5 rings (SSSR count). The van der Waals surface area contributed by atoms with Gasteiger partial charge in [0.25, 0.3) is 0 Å². The number of rotatable bonds is 3. The molecule has 5 heteroatoms. The topological polar surface area (TPSA) is 36.0 Å². The minimum absolute atomic E-state index is 0.127. The number of hydrogen-bond acceptors (Lipinski definition) is 4. The number of hydroxylamine groups is 2. The molecule has 1 atom stereocenters. The normalized spacial score (nSPS) is 28.2. The standard InChI is InChI=1S/C23H33N3O2/c1-24-15-16-26(21(17-24)20-6-3-2-5-19(20)18-7-8-18)28-22(27)25-13-11-23(12-14-25)9-4-10-23/h2-3,5-6,18,21H,4,7-17H2,1H3. The van der Waals surface area contributed by atoms with Gasteiger partial charge in [-0.25, -0.2) is 4.79 Å². The molecule has 0 N–H and O–H groups in total. The van der Waals surface area contributed by atoms with Gasteiger partial charge in [-0.3, -0.25) is 0 Å². The lowest BCUT2D eigenvalue weighted by molar-refractivity contribution is -0.168. The number of piperidine rings is 1. The monoisotopic (exact) mass is 383 g/mol. The van der Waals surface area contributed by atoms with Crippen LogP contribution >= 0.6 is 0 Å². The lowest BCUT2D eigenvalue weighted by Gasteiger charge is -2.48. The Hall–Kier alpha value is -1.59. The number of piperazine rings is 1. The summed E-state index contributed by atoms with van der Waals surface area (Å²) in [5.41, 5.74) is 3.35. The molecule has 2 heterocycles.